The third kappa shape index (κ3) is 5.36. The van der Waals surface area contributed by atoms with Crippen LogP contribution in [0.2, 0.25) is 0 Å². The second-order valence-corrected chi connectivity index (χ2v) is 2.20. The van der Waals surface area contributed by atoms with Crippen LogP contribution in [0.3, 0.4) is 0 Å². The second-order valence-electron chi connectivity index (χ2n) is 1.21. The Bertz CT molecular complexity index is 102. The molecular weight excluding hydrogens is 140 g/mol. The summed E-state index contributed by atoms with van der Waals surface area (Å²) < 4.78 is 4.31. The Hall–Kier alpha value is -0.510. The summed E-state index contributed by atoms with van der Waals surface area (Å²) in [7, 11) is 1.31. The molecule has 1 radical (unpaired) electrons. The summed E-state index contributed by atoms with van der Waals surface area (Å²) in [5, 5.41) is 0. The first-order chi connectivity index (χ1) is 4.31. The van der Waals surface area contributed by atoms with Gasteiger partial charge < -0.3 is 4.74 Å². The Balaban J connectivity index is 3.06. The van der Waals surface area contributed by atoms with Crippen molar-refractivity contribution in [2.45, 2.75) is 0 Å². The fourth-order valence-corrected chi connectivity index (χ4v) is 0.705. The third-order valence-corrected chi connectivity index (χ3v) is 1.37. The van der Waals surface area contributed by atoms with Crippen molar-refractivity contribution in [3.63, 3.8) is 0 Å². The van der Waals surface area contributed by atoms with Crippen LogP contribution in [0.4, 0.5) is 0 Å². The normalized spacial score (nSPS) is 8.56. The number of carbonyl (C=O) groups is 1. The van der Waals surface area contributed by atoms with Gasteiger partial charge in [-0.1, -0.05) is 0 Å². The first-order valence-electron chi connectivity index (χ1n) is 2.31. The summed E-state index contributed by atoms with van der Waals surface area (Å²) in [4.78, 5) is 19.9. The van der Waals surface area contributed by atoms with E-state index in [4.69, 9.17) is 0 Å². The van der Waals surface area contributed by atoms with E-state index in [1.165, 1.54) is 18.9 Å². The van der Waals surface area contributed by atoms with E-state index in [2.05, 4.69) is 4.74 Å². The summed E-state index contributed by atoms with van der Waals surface area (Å²) >= 11 is 1.19. The molecule has 0 aliphatic carbocycles. The third-order valence-electron chi connectivity index (χ3n) is 0.609. The molecule has 4 heteroatoms. The number of hydrogen-bond donors (Lipinski definition) is 0. The average Bonchev–Trinajstić information content (AvgIpc) is 1.89. The lowest BCUT2D eigenvalue weighted by molar-refractivity contribution is -0.137. The molecule has 51 valence electrons. The molecule has 0 saturated carbocycles. The van der Waals surface area contributed by atoms with E-state index in [1.807, 2.05) is 0 Å². The molecule has 0 saturated heterocycles. The van der Waals surface area contributed by atoms with Gasteiger partial charge >= 0.3 is 5.97 Å². The van der Waals surface area contributed by atoms with Gasteiger partial charge in [-0.3, -0.25) is 9.59 Å². The average molecular weight is 147 g/mol. The van der Waals surface area contributed by atoms with Crippen molar-refractivity contribution in [3.05, 3.63) is 0 Å². The monoisotopic (exact) mass is 147 g/mol. The van der Waals surface area contributed by atoms with Gasteiger partial charge in [0.1, 0.15) is 0 Å². The Morgan fingerprint density at radius 3 is 2.89 bits per heavy atom. The smallest absolute Gasteiger partial charge is 0.315 e. The zero-order chi connectivity index (χ0) is 7.11. The maximum Gasteiger partial charge on any atom is 0.315 e. The molecule has 0 bridgehead atoms. The SMILES string of the molecule is COC(=O)CSC[C]=O. The minimum atomic E-state index is -0.310. The largest absolute Gasteiger partial charge is 0.468 e. The van der Waals surface area contributed by atoms with Crippen LogP contribution < -0.4 is 0 Å². The van der Waals surface area contributed by atoms with Crippen molar-refractivity contribution in [3.8, 4) is 0 Å². The lowest BCUT2D eigenvalue weighted by Gasteiger charge is -1.93. The second kappa shape index (κ2) is 5.62. The van der Waals surface area contributed by atoms with Gasteiger partial charge in [-0.05, 0) is 0 Å². The maximum absolute atomic E-state index is 10.3. The first-order valence-corrected chi connectivity index (χ1v) is 3.46. The van der Waals surface area contributed by atoms with E-state index in [0.717, 1.165) is 0 Å². The van der Waals surface area contributed by atoms with Gasteiger partial charge in [-0.25, -0.2) is 0 Å². The van der Waals surface area contributed by atoms with Gasteiger partial charge in [-0.15, -0.1) is 11.8 Å². The molecule has 0 N–H and O–H groups in total. The van der Waals surface area contributed by atoms with Crippen LogP contribution in [0.15, 0.2) is 0 Å². The Morgan fingerprint density at radius 2 is 2.44 bits per heavy atom. The highest BCUT2D eigenvalue weighted by atomic mass is 32.2. The molecule has 0 aliphatic heterocycles. The van der Waals surface area contributed by atoms with E-state index in [-0.39, 0.29) is 17.5 Å². The predicted octanol–water partition coefficient (Wildman–Crippen LogP) is 0.00230. The molecular formula is C5H7O3S. The van der Waals surface area contributed by atoms with Crippen molar-refractivity contribution in [2.75, 3.05) is 18.6 Å². The quantitative estimate of drug-likeness (QED) is 0.415. The van der Waals surface area contributed by atoms with E-state index in [0.29, 0.717) is 0 Å². The van der Waals surface area contributed by atoms with Crippen molar-refractivity contribution in [2.24, 2.45) is 0 Å². The molecule has 0 aliphatic rings. The highest BCUT2D eigenvalue weighted by Gasteiger charge is 1.97. The van der Waals surface area contributed by atoms with Crippen LogP contribution in [0.5, 0.6) is 0 Å². The van der Waals surface area contributed by atoms with Gasteiger partial charge in [0.25, 0.3) is 0 Å². The van der Waals surface area contributed by atoms with Crippen LogP contribution >= 0.6 is 11.8 Å². The van der Waals surface area contributed by atoms with Crippen molar-refractivity contribution in [1.82, 2.24) is 0 Å². The van der Waals surface area contributed by atoms with E-state index in [9.17, 15) is 9.59 Å². The summed E-state index contributed by atoms with van der Waals surface area (Å²) in [6.45, 7) is 0. The van der Waals surface area contributed by atoms with Crippen LogP contribution in [0, 0.1) is 0 Å². The molecule has 0 aromatic carbocycles. The van der Waals surface area contributed by atoms with E-state index < -0.39 is 0 Å². The zero-order valence-corrected chi connectivity index (χ0v) is 5.86. The highest BCUT2D eigenvalue weighted by molar-refractivity contribution is 8.00. The van der Waals surface area contributed by atoms with Crippen LogP contribution in [-0.2, 0) is 14.3 Å². The molecule has 0 unspecified atom stereocenters. The molecule has 9 heavy (non-hydrogen) atoms. The van der Waals surface area contributed by atoms with Gasteiger partial charge in [0.2, 0.25) is 6.29 Å². The number of rotatable bonds is 4. The molecule has 0 heterocycles. The molecule has 0 amide bonds. The minimum Gasteiger partial charge on any atom is -0.468 e. The van der Waals surface area contributed by atoms with Crippen LogP contribution in [0.1, 0.15) is 0 Å². The van der Waals surface area contributed by atoms with Gasteiger partial charge in [0, 0.05) is 0 Å². The number of carbonyl (C=O) groups excluding carboxylic acids is 2. The fourth-order valence-electron chi connectivity index (χ4n) is 0.235. The lowest BCUT2D eigenvalue weighted by Crippen LogP contribution is -2.03. The van der Waals surface area contributed by atoms with Gasteiger partial charge in [-0.2, -0.15) is 0 Å². The summed E-state index contributed by atoms with van der Waals surface area (Å²) in [6, 6.07) is 0. The standard InChI is InChI=1S/C5H7O3S/c1-8-5(7)4-9-3-2-6/h3-4H2,1H3. The predicted molar refractivity (Wildman–Crippen MR) is 35.0 cm³/mol. The molecule has 0 rings (SSSR count). The topological polar surface area (TPSA) is 43.4 Å². The minimum absolute atomic E-state index is 0.228. The Morgan fingerprint density at radius 1 is 1.78 bits per heavy atom. The van der Waals surface area contributed by atoms with Gasteiger partial charge in [0.15, 0.2) is 0 Å². The molecule has 0 aromatic rings. The number of esters is 1. The van der Waals surface area contributed by atoms with E-state index >= 15 is 0 Å². The summed E-state index contributed by atoms with van der Waals surface area (Å²) in [5.41, 5.74) is 0. The number of methoxy groups -OCH3 is 1. The molecule has 0 spiro atoms. The number of ether oxygens (including phenoxy) is 1. The molecule has 0 fully saturated rings. The van der Waals surface area contributed by atoms with Gasteiger partial charge in [0.05, 0.1) is 18.6 Å². The van der Waals surface area contributed by atoms with Crippen molar-refractivity contribution in [1.29, 1.82) is 0 Å². The van der Waals surface area contributed by atoms with Crippen LogP contribution in [0.25, 0.3) is 0 Å². The first kappa shape index (κ1) is 8.49. The summed E-state index contributed by atoms with van der Waals surface area (Å²) in [6.07, 6.45) is 1.65. The molecule has 3 nitrogen and oxygen atoms in total. The maximum atomic E-state index is 10.3. The Labute approximate surface area is 57.8 Å². The number of hydrogen-bond acceptors (Lipinski definition) is 4. The highest BCUT2D eigenvalue weighted by Crippen LogP contribution is 1.96. The van der Waals surface area contributed by atoms with E-state index in [1.54, 1.807) is 6.29 Å². The van der Waals surface area contributed by atoms with Crippen LogP contribution in [-0.4, -0.2) is 30.9 Å². The Kier molecular flexibility index (Phi) is 5.30. The zero-order valence-electron chi connectivity index (χ0n) is 5.05. The van der Waals surface area contributed by atoms with Crippen molar-refractivity contribution < 1.29 is 14.3 Å². The lowest BCUT2D eigenvalue weighted by atomic mass is 10.8. The molecule has 0 aromatic heterocycles. The van der Waals surface area contributed by atoms with Crippen molar-refractivity contribution >= 4 is 24.0 Å². The fraction of sp³-hybridized carbons (Fsp3) is 0.600. The molecule has 0 atom stereocenters. The number of thioether (sulfide) groups is 1. The summed E-state index contributed by atoms with van der Waals surface area (Å²) in [5.74, 6) is 0.149.